The van der Waals surface area contributed by atoms with Crippen LogP contribution in [0.1, 0.15) is 81.6 Å². The summed E-state index contributed by atoms with van der Waals surface area (Å²) in [4.78, 5) is 29.5. The highest BCUT2D eigenvalue weighted by molar-refractivity contribution is 6.33. The van der Waals surface area contributed by atoms with E-state index in [0.717, 1.165) is 55.9 Å². The molecule has 4 bridgehead atoms. The maximum atomic E-state index is 13.1. The van der Waals surface area contributed by atoms with Crippen LogP contribution in [0.4, 0.5) is 4.79 Å². The second-order valence-electron chi connectivity index (χ2n) is 13.0. The van der Waals surface area contributed by atoms with E-state index >= 15 is 0 Å². The SMILES string of the molecule is CC(C)(C)OC(=O)N1CCN(Cc2ccc(Cl)c(C(=O)NCCC34CC5CC(CC(C5)C3)C4)c2)CC1. The van der Waals surface area contributed by atoms with Crippen molar-refractivity contribution in [1.82, 2.24) is 15.1 Å². The molecule has 36 heavy (non-hydrogen) atoms. The molecule has 0 aromatic heterocycles. The van der Waals surface area contributed by atoms with Gasteiger partial charge in [-0.1, -0.05) is 17.7 Å². The molecule has 2 amide bonds. The molecule has 1 aromatic carbocycles. The zero-order valence-electron chi connectivity index (χ0n) is 22.2. The lowest BCUT2D eigenvalue weighted by Crippen LogP contribution is -2.49. The summed E-state index contributed by atoms with van der Waals surface area (Å²) in [5, 5.41) is 3.69. The largest absolute Gasteiger partial charge is 0.444 e. The third-order valence-electron chi connectivity index (χ3n) is 8.81. The first-order valence-electron chi connectivity index (χ1n) is 13.8. The zero-order valence-corrected chi connectivity index (χ0v) is 22.9. The van der Waals surface area contributed by atoms with E-state index in [9.17, 15) is 9.59 Å². The number of nitrogens with zero attached hydrogens (tertiary/aromatic N) is 2. The fourth-order valence-corrected chi connectivity index (χ4v) is 7.85. The zero-order chi connectivity index (χ0) is 25.5. The molecule has 5 aliphatic rings. The average Bonchev–Trinajstić information content (AvgIpc) is 2.78. The van der Waals surface area contributed by atoms with Crippen molar-refractivity contribution < 1.29 is 14.3 Å². The predicted molar refractivity (Wildman–Crippen MR) is 142 cm³/mol. The minimum atomic E-state index is -0.482. The maximum absolute atomic E-state index is 13.1. The van der Waals surface area contributed by atoms with Gasteiger partial charge in [-0.05, 0) is 107 Å². The second-order valence-corrected chi connectivity index (χ2v) is 13.4. The van der Waals surface area contributed by atoms with Gasteiger partial charge in [0, 0.05) is 39.3 Å². The molecule has 4 saturated carbocycles. The van der Waals surface area contributed by atoms with Gasteiger partial charge in [-0.15, -0.1) is 0 Å². The van der Waals surface area contributed by atoms with Crippen LogP contribution in [0.3, 0.4) is 0 Å². The van der Waals surface area contributed by atoms with Crippen molar-refractivity contribution in [3.05, 3.63) is 34.3 Å². The lowest BCUT2D eigenvalue weighted by atomic mass is 9.49. The average molecular weight is 516 g/mol. The Kier molecular flexibility index (Phi) is 7.30. The molecular weight excluding hydrogens is 474 g/mol. The Bertz CT molecular complexity index is 945. The van der Waals surface area contributed by atoms with Crippen LogP contribution < -0.4 is 5.32 Å². The summed E-state index contributed by atoms with van der Waals surface area (Å²) in [5.41, 5.74) is 1.61. The quantitative estimate of drug-likeness (QED) is 0.525. The van der Waals surface area contributed by atoms with Crippen molar-refractivity contribution >= 4 is 23.6 Å². The number of nitrogens with one attached hydrogen (secondary N) is 1. The van der Waals surface area contributed by atoms with E-state index in [1.807, 2.05) is 39.0 Å². The lowest BCUT2D eigenvalue weighted by Gasteiger charge is -2.57. The van der Waals surface area contributed by atoms with E-state index < -0.39 is 5.60 Å². The molecule has 0 atom stereocenters. The van der Waals surface area contributed by atoms with E-state index in [-0.39, 0.29) is 12.0 Å². The normalized spacial score (nSPS) is 29.9. The smallest absolute Gasteiger partial charge is 0.410 e. The van der Waals surface area contributed by atoms with Crippen molar-refractivity contribution in [3.8, 4) is 0 Å². The molecule has 1 N–H and O–H groups in total. The number of amides is 2. The van der Waals surface area contributed by atoms with Crippen LogP contribution in [0, 0.1) is 23.2 Å². The van der Waals surface area contributed by atoms with Crippen LogP contribution in [0.2, 0.25) is 5.02 Å². The Morgan fingerprint density at radius 2 is 1.64 bits per heavy atom. The molecule has 1 saturated heterocycles. The molecule has 1 heterocycles. The summed E-state index contributed by atoms with van der Waals surface area (Å²) in [7, 11) is 0. The number of hydrogen-bond donors (Lipinski definition) is 1. The standard InChI is InChI=1S/C29H42ClN3O3/c1-28(2,3)36-27(35)33-10-8-32(9-11-33)19-20-4-5-25(30)24(15-20)26(34)31-7-6-29-16-21-12-22(17-29)14-23(13-21)18-29/h4-5,15,21-23H,6-14,16-19H2,1-3H3,(H,31,34). The topological polar surface area (TPSA) is 61.9 Å². The third-order valence-corrected chi connectivity index (χ3v) is 9.14. The molecule has 4 aliphatic carbocycles. The van der Waals surface area contributed by atoms with Crippen molar-refractivity contribution in [1.29, 1.82) is 0 Å². The Balaban J connectivity index is 1.11. The van der Waals surface area contributed by atoms with Crippen LogP contribution in [-0.2, 0) is 11.3 Å². The van der Waals surface area contributed by atoms with Gasteiger partial charge in [-0.2, -0.15) is 0 Å². The summed E-state index contributed by atoms with van der Waals surface area (Å²) in [6.07, 6.45) is 9.30. The van der Waals surface area contributed by atoms with Gasteiger partial charge in [0.1, 0.15) is 5.60 Å². The molecule has 0 unspecified atom stereocenters. The van der Waals surface area contributed by atoms with Gasteiger partial charge in [0.15, 0.2) is 0 Å². The minimum absolute atomic E-state index is 0.0682. The Morgan fingerprint density at radius 1 is 1.03 bits per heavy atom. The molecule has 1 aliphatic heterocycles. The number of carbonyl (C=O) groups excluding carboxylic acids is 2. The minimum Gasteiger partial charge on any atom is -0.444 e. The van der Waals surface area contributed by atoms with Gasteiger partial charge in [-0.25, -0.2) is 4.79 Å². The van der Waals surface area contributed by atoms with Gasteiger partial charge in [0.25, 0.3) is 5.91 Å². The summed E-state index contributed by atoms with van der Waals surface area (Å²) >= 11 is 6.44. The maximum Gasteiger partial charge on any atom is 0.410 e. The van der Waals surface area contributed by atoms with E-state index in [1.165, 1.54) is 38.5 Å². The van der Waals surface area contributed by atoms with Crippen molar-refractivity contribution in [3.63, 3.8) is 0 Å². The first kappa shape index (κ1) is 25.8. The van der Waals surface area contributed by atoms with Crippen molar-refractivity contribution in [2.24, 2.45) is 23.2 Å². The molecule has 7 heteroatoms. The fourth-order valence-electron chi connectivity index (χ4n) is 7.65. The Labute approximate surface area is 221 Å². The van der Waals surface area contributed by atoms with Crippen LogP contribution in [0.15, 0.2) is 18.2 Å². The van der Waals surface area contributed by atoms with Gasteiger partial charge in [0.2, 0.25) is 0 Å². The number of halogens is 1. The molecule has 0 radical (unpaired) electrons. The summed E-state index contributed by atoms with van der Waals surface area (Å²) in [6.45, 7) is 9.95. The second kappa shape index (κ2) is 10.2. The summed E-state index contributed by atoms with van der Waals surface area (Å²) in [5.74, 6) is 2.73. The molecule has 198 valence electrons. The highest BCUT2D eigenvalue weighted by Crippen LogP contribution is 2.61. The van der Waals surface area contributed by atoms with Crippen molar-refractivity contribution in [2.75, 3.05) is 32.7 Å². The monoisotopic (exact) mass is 515 g/mol. The van der Waals surface area contributed by atoms with E-state index in [1.54, 1.807) is 4.90 Å². The van der Waals surface area contributed by atoms with Crippen LogP contribution in [-0.4, -0.2) is 60.1 Å². The number of rotatable bonds is 6. The molecule has 6 nitrogen and oxygen atoms in total. The molecular formula is C29H42ClN3O3. The van der Waals surface area contributed by atoms with Crippen LogP contribution in [0.25, 0.3) is 0 Å². The first-order chi connectivity index (χ1) is 17.1. The van der Waals surface area contributed by atoms with Gasteiger partial charge >= 0.3 is 6.09 Å². The third kappa shape index (κ3) is 6.02. The number of hydrogen-bond acceptors (Lipinski definition) is 4. The first-order valence-corrected chi connectivity index (χ1v) is 14.2. The van der Waals surface area contributed by atoms with Crippen molar-refractivity contribution in [2.45, 2.75) is 77.9 Å². The predicted octanol–water partition coefficient (Wildman–Crippen LogP) is 5.73. The summed E-state index contributed by atoms with van der Waals surface area (Å²) < 4.78 is 5.50. The van der Waals surface area contributed by atoms with Crippen LogP contribution in [0.5, 0.6) is 0 Å². The van der Waals surface area contributed by atoms with Gasteiger partial charge in [-0.3, -0.25) is 9.69 Å². The fraction of sp³-hybridized carbons (Fsp3) is 0.724. The highest BCUT2D eigenvalue weighted by atomic mass is 35.5. The molecule has 0 spiro atoms. The van der Waals surface area contributed by atoms with Crippen LogP contribution >= 0.6 is 11.6 Å². The number of ether oxygens (including phenoxy) is 1. The molecule has 1 aromatic rings. The summed E-state index contributed by atoms with van der Waals surface area (Å²) in [6, 6.07) is 5.76. The van der Waals surface area contributed by atoms with Gasteiger partial charge in [0.05, 0.1) is 10.6 Å². The van der Waals surface area contributed by atoms with E-state index in [2.05, 4.69) is 10.2 Å². The van der Waals surface area contributed by atoms with Gasteiger partial charge < -0.3 is 15.0 Å². The number of carbonyl (C=O) groups is 2. The Hall–Kier alpha value is -1.79. The molecule has 5 fully saturated rings. The number of benzene rings is 1. The van der Waals surface area contributed by atoms with E-state index in [4.69, 9.17) is 16.3 Å². The van der Waals surface area contributed by atoms with E-state index in [0.29, 0.717) is 29.1 Å². The number of piperazine rings is 1. The lowest BCUT2D eigenvalue weighted by molar-refractivity contribution is -0.0564. The highest BCUT2D eigenvalue weighted by Gasteiger charge is 2.50. The molecule has 6 rings (SSSR count). The Morgan fingerprint density at radius 3 is 2.22 bits per heavy atom.